The molecule has 4 heteroatoms. The molecule has 26 heavy (non-hydrogen) atoms. The molecule has 0 aliphatic carbocycles. The molecule has 0 aromatic heterocycles. The average Bonchev–Trinajstić information content (AvgIpc) is 2.72. The van der Waals surface area contributed by atoms with Gasteiger partial charge in [0.1, 0.15) is 5.75 Å². The molecular formula is C22H26N2O2. The third-order valence-electron chi connectivity index (χ3n) is 5.71. The molecule has 2 aromatic carbocycles. The van der Waals surface area contributed by atoms with Crippen molar-refractivity contribution < 1.29 is 9.53 Å². The number of nitrogens with zero attached hydrogens (tertiary/aromatic N) is 2. The van der Waals surface area contributed by atoms with Crippen LogP contribution in [0, 0.1) is 0 Å². The molecule has 1 amide bonds. The van der Waals surface area contributed by atoms with E-state index in [1.165, 1.54) is 16.7 Å². The molecule has 1 fully saturated rings. The SMILES string of the molecule is COc1ccc(CCC(=O)N2CCN3CCc4ccccc4C3C2)cc1. The quantitative estimate of drug-likeness (QED) is 0.850. The van der Waals surface area contributed by atoms with Crippen LogP contribution in [0.15, 0.2) is 48.5 Å². The van der Waals surface area contributed by atoms with E-state index < -0.39 is 0 Å². The van der Waals surface area contributed by atoms with Crippen molar-refractivity contribution in [1.82, 2.24) is 9.80 Å². The van der Waals surface area contributed by atoms with Crippen LogP contribution in [0.5, 0.6) is 5.75 Å². The van der Waals surface area contributed by atoms with Gasteiger partial charge in [-0.05, 0) is 41.7 Å². The number of carbonyl (C=O) groups excluding carboxylic acids is 1. The van der Waals surface area contributed by atoms with E-state index in [0.29, 0.717) is 12.5 Å². The Balaban J connectivity index is 1.38. The van der Waals surface area contributed by atoms with Crippen LogP contribution in [-0.4, -0.2) is 49.0 Å². The Morgan fingerprint density at radius 2 is 1.88 bits per heavy atom. The van der Waals surface area contributed by atoms with Crippen molar-refractivity contribution in [2.75, 3.05) is 33.3 Å². The molecule has 4 nitrogen and oxygen atoms in total. The van der Waals surface area contributed by atoms with Crippen molar-refractivity contribution in [2.45, 2.75) is 25.3 Å². The standard InChI is InChI=1S/C22H26N2O2/c1-26-19-9-6-17(7-10-19)8-11-22(25)24-15-14-23-13-12-18-4-2-3-5-20(18)21(23)16-24/h2-7,9-10,21H,8,11-16H2,1H3. The van der Waals surface area contributed by atoms with Gasteiger partial charge < -0.3 is 9.64 Å². The highest BCUT2D eigenvalue weighted by atomic mass is 16.5. The van der Waals surface area contributed by atoms with Crippen LogP contribution in [0.3, 0.4) is 0 Å². The van der Waals surface area contributed by atoms with E-state index in [-0.39, 0.29) is 5.91 Å². The largest absolute Gasteiger partial charge is 0.497 e. The first kappa shape index (κ1) is 17.1. The van der Waals surface area contributed by atoms with Gasteiger partial charge in [0.25, 0.3) is 0 Å². The molecule has 0 N–H and O–H groups in total. The number of hydrogen-bond donors (Lipinski definition) is 0. The number of ether oxygens (including phenoxy) is 1. The van der Waals surface area contributed by atoms with E-state index in [2.05, 4.69) is 34.1 Å². The predicted octanol–water partition coefficient (Wildman–Crippen LogP) is 3.07. The molecule has 2 aliphatic rings. The van der Waals surface area contributed by atoms with Gasteiger partial charge in [-0.3, -0.25) is 9.69 Å². The van der Waals surface area contributed by atoms with Gasteiger partial charge in [-0.2, -0.15) is 0 Å². The predicted molar refractivity (Wildman–Crippen MR) is 102 cm³/mol. The maximum absolute atomic E-state index is 12.8. The van der Waals surface area contributed by atoms with Crippen molar-refractivity contribution >= 4 is 5.91 Å². The molecule has 0 saturated carbocycles. The minimum atomic E-state index is 0.267. The fourth-order valence-electron chi connectivity index (χ4n) is 4.16. The van der Waals surface area contributed by atoms with Crippen LogP contribution >= 0.6 is 0 Å². The summed E-state index contributed by atoms with van der Waals surface area (Å²) in [6.45, 7) is 3.75. The van der Waals surface area contributed by atoms with Crippen molar-refractivity contribution in [2.24, 2.45) is 0 Å². The lowest BCUT2D eigenvalue weighted by Gasteiger charge is -2.45. The molecule has 4 rings (SSSR count). The lowest BCUT2D eigenvalue weighted by molar-refractivity contribution is -0.134. The fourth-order valence-corrected chi connectivity index (χ4v) is 4.16. The number of fused-ring (bicyclic) bond motifs is 3. The molecule has 2 aliphatic heterocycles. The zero-order valence-electron chi connectivity index (χ0n) is 15.4. The molecule has 1 unspecified atom stereocenters. The topological polar surface area (TPSA) is 32.8 Å². The molecule has 0 spiro atoms. The van der Waals surface area contributed by atoms with E-state index in [4.69, 9.17) is 4.74 Å². The molecule has 2 heterocycles. The second kappa shape index (κ2) is 7.50. The van der Waals surface area contributed by atoms with Gasteiger partial charge >= 0.3 is 0 Å². The Bertz CT molecular complexity index is 772. The number of hydrogen-bond acceptors (Lipinski definition) is 3. The van der Waals surface area contributed by atoms with E-state index in [9.17, 15) is 4.79 Å². The van der Waals surface area contributed by atoms with Crippen molar-refractivity contribution in [1.29, 1.82) is 0 Å². The number of benzene rings is 2. The molecule has 2 aromatic rings. The monoisotopic (exact) mass is 350 g/mol. The summed E-state index contributed by atoms with van der Waals surface area (Å²) in [6, 6.07) is 17.1. The normalized spacial score (nSPS) is 19.6. The number of aryl methyl sites for hydroxylation is 1. The number of carbonyl (C=O) groups is 1. The lowest BCUT2D eigenvalue weighted by atomic mass is 9.91. The van der Waals surface area contributed by atoms with Gasteiger partial charge in [0.2, 0.25) is 5.91 Å². The zero-order chi connectivity index (χ0) is 17.9. The molecule has 0 bridgehead atoms. The van der Waals surface area contributed by atoms with Crippen LogP contribution in [-0.2, 0) is 17.6 Å². The number of piperazine rings is 1. The van der Waals surface area contributed by atoms with Gasteiger partial charge in [-0.25, -0.2) is 0 Å². The van der Waals surface area contributed by atoms with Gasteiger partial charge in [0.15, 0.2) is 0 Å². The van der Waals surface area contributed by atoms with E-state index in [1.54, 1.807) is 7.11 Å². The summed E-state index contributed by atoms with van der Waals surface area (Å²) in [5.74, 6) is 1.12. The zero-order valence-corrected chi connectivity index (χ0v) is 15.4. The first-order valence-corrected chi connectivity index (χ1v) is 9.47. The molecule has 1 saturated heterocycles. The van der Waals surface area contributed by atoms with Gasteiger partial charge in [0, 0.05) is 32.6 Å². The number of methoxy groups -OCH3 is 1. The summed E-state index contributed by atoms with van der Waals surface area (Å²) in [5.41, 5.74) is 4.04. The first-order valence-electron chi connectivity index (χ1n) is 9.47. The first-order chi connectivity index (χ1) is 12.7. The summed E-state index contributed by atoms with van der Waals surface area (Å²) in [7, 11) is 1.67. The van der Waals surface area contributed by atoms with Crippen LogP contribution in [0.2, 0.25) is 0 Å². The summed E-state index contributed by atoms with van der Waals surface area (Å²) in [6.07, 6.45) is 2.48. The third-order valence-corrected chi connectivity index (χ3v) is 5.71. The lowest BCUT2D eigenvalue weighted by Crippen LogP contribution is -2.52. The molecule has 0 radical (unpaired) electrons. The Hall–Kier alpha value is -2.33. The van der Waals surface area contributed by atoms with Crippen molar-refractivity contribution in [3.05, 3.63) is 65.2 Å². The van der Waals surface area contributed by atoms with Crippen LogP contribution in [0.25, 0.3) is 0 Å². The second-order valence-corrected chi connectivity index (χ2v) is 7.19. The van der Waals surface area contributed by atoms with Gasteiger partial charge in [-0.1, -0.05) is 36.4 Å². The number of rotatable bonds is 4. The Morgan fingerprint density at radius 3 is 2.69 bits per heavy atom. The highest BCUT2D eigenvalue weighted by Gasteiger charge is 2.33. The average molecular weight is 350 g/mol. The highest BCUT2D eigenvalue weighted by Crippen LogP contribution is 2.32. The highest BCUT2D eigenvalue weighted by molar-refractivity contribution is 5.76. The van der Waals surface area contributed by atoms with Crippen molar-refractivity contribution in [3.8, 4) is 5.75 Å². The minimum absolute atomic E-state index is 0.267. The summed E-state index contributed by atoms with van der Waals surface area (Å²) < 4.78 is 5.19. The molecule has 136 valence electrons. The Labute approximate surface area is 155 Å². The van der Waals surface area contributed by atoms with Crippen molar-refractivity contribution in [3.63, 3.8) is 0 Å². The molecular weight excluding hydrogens is 324 g/mol. The minimum Gasteiger partial charge on any atom is -0.497 e. The van der Waals surface area contributed by atoms with E-state index >= 15 is 0 Å². The molecule has 1 atom stereocenters. The maximum atomic E-state index is 12.8. The second-order valence-electron chi connectivity index (χ2n) is 7.19. The van der Waals surface area contributed by atoms with Crippen LogP contribution in [0.1, 0.15) is 29.2 Å². The summed E-state index contributed by atoms with van der Waals surface area (Å²) >= 11 is 0. The van der Waals surface area contributed by atoms with Crippen LogP contribution in [0.4, 0.5) is 0 Å². The van der Waals surface area contributed by atoms with Gasteiger partial charge in [-0.15, -0.1) is 0 Å². The van der Waals surface area contributed by atoms with E-state index in [1.807, 2.05) is 24.3 Å². The third kappa shape index (κ3) is 3.47. The maximum Gasteiger partial charge on any atom is 0.223 e. The Kier molecular flexibility index (Phi) is 4.93. The summed E-state index contributed by atoms with van der Waals surface area (Å²) in [4.78, 5) is 17.4. The fraction of sp³-hybridized carbons (Fsp3) is 0.409. The smallest absolute Gasteiger partial charge is 0.223 e. The summed E-state index contributed by atoms with van der Waals surface area (Å²) in [5, 5.41) is 0. The van der Waals surface area contributed by atoms with E-state index in [0.717, 1.165) is 44.8 Å². The van der Waals surface area contributed by atoms with Gasteiger partial charge in [0.05, 0.1) is 13.2 Å². The Morgan fingerprint density at radius 1 is 1.08 bits per heavy atom. The number of amides is 1. The van der Waals surface area contributed by atoms with Crippen LogP contribution < -0.4 is 4.74 Å².